The van der Waals surface area contributed by atoms with E-state index in [2.05, 4.69) is 70.5 Å². The molecular formula is C19H28N6. The molecule has 25 heavy (non-hydrogen) atoms. The van der Waals surface area contributed by atoms with E-state index in [1.807, 2.05) is 24.6 Å². The Morgan fingerprint density at radius 1 is 1.32 bits per heavy atom. The van der Waals surface area contributed by atoms with Crippen LogP contribution in [0.15, 0.2) is 41.9 Å². The zero-order valence-electron chi connectivity index (χ0n) is 15.6. The Morgan fingerprint density at radius 2 is 2.12 bits per heavy atom. The molecule has 1 heterocycles. The van der Waals surface area contributed by atoms with Crippen LogP contribution in [0.3, 0.4) is 0 Å². The Bertz CT molecular complexity index is 731. The van der Waals surface area contributed by atoms with Crippen LogP contribution in [0.4, 0.5) is 0 Å². The van der Waals surface area contributed by atoms with Gasteiger partial charge < -0.3 is 15.2 Å². The van der Waals surface area contributed by atoms with Crippen LogP contribution in [0.2, 0.25) is 0 Å². The maximum Gasteiger partial charge on any atom is 0.191 e. The number of guanidine groups is 1. The zero-order chi connectivity index (χ0) is 18.2. The minimum absolute atomic E-state index is 0.382. The molecule has 6 heteroatoms. The lowest BCUT2D eigenvalue weighted by atomic mass is 9.99. The lowest BCUT2D eigenvalue weighted by Gasteiger charge is -2.16. The minimum Gasteiger partial charge on any atom is -0.356 e. The maximum absolute atomic E-state index is 4.61. The fourth-order valence-corrected chi connectivity index (χ4v) is 2.43. The second-order valence-electron chi connectivity index (χ2n) is 6.25. The number of aliphatic imine (C=N–C) groups is 1. The summed E-state index contributed by atoms with van der Waals surface area (Å²) < 4.78 is 1.95. The summed E-state index contributed by atoms with van der Waals surface area (Å²) >= 11 is 0. The highest BCUT2D eigenvalue weighted by Crippen LogP contribution is 2.15. The van der Waals surface area contributed by atoms with Gasteiger partial charge in [0.1, 0.15) is 12.4 Å². The predicted octanol–water partition coefficient (Wildman–Crippen LogP) is 2.46. The molecule has 0 saturated carbocycles. The molecule has 0 saturated heterocycles. The molecule has 0 fully saturated rings. The maximum atomic E-state index is 4.61. The molecule has 1 aromatic heterocycles. The van der Waals surface area contributed by atoms with E-state index in [0.29, 0.717) is 19.0 Å². The van der Waals surface area contributed by atoms with Crippen molar-refractivity contribution in [3.8, 4) is 0 Å². The first-order chi connectivity index (χ1) is 12.0. The molecule has 1 atom stereocenters. The predicted molar refractivity (Wildman–Crippen MR) is 103 cm³/mol. The summed E-state index contributed by atoms with van der Waals surface area (Å²) in [5, 5.41) is 14.9. The van der Waals surface area contributed by atoms with Gasteiger partial charge in [0, 0.05) is 20.1 Å². The molecule has 134 valence electrons. The fourth-order valence-electron chi connectivity index (χ4n) is 2.43. The van der Waals surface area contributed by atoms with Gasteiger partial charge in [0.05, 0.1) is 0 Å². The Balaban J connectivity index is 2.00. The minimum atomic E-state index is 0.382. The number of aromatic nitrogens is 3. The number of aryl methyl sites for hydroxylation is 2. The summed E-state index contributed by atoms with van der Waals surface area (Å²) in [6.45, 7) is 11.9. The van der Waals surface area contributed by atoms with Gasteiger partial charge >= 0.3 is 0 Å². The van der Waals surface area contributed by atoms with Crippen molar-refractivity contribution in [3.05, 3.63) is 59.7 Å². The summed E-state index contributed by atoms with van der Waals surface area (Å²) in [5.41, 5.74) is 2.60. The van der Waals surface area contributed by atoms with Crippen molar-refractivity contribution >= 4 is 5.96 Å². The van der Waals surface area contributed by atoms with Gasteiger partial charge in [0.25, 0.3) is 0 Å². The molecule has 0 amide bonds. The highest BCUT2D eigenvalue weighted by molar-refractivity contribution is 5.79. The summed E-state index contributed by atoms with van der Waals surface area (Å²) in [6.07, 6.45) is 1.81. The van der Waals surface area contributed by atoms with E-state index in [-0.39, 0.29) is 0 Å². The number of nitrogens with one attached hydrogen (secondary N) is 2. The first-order valence-corrected chi connectivity index (χ1v) is 8.55. The normalized spacial score (nSPS) is 12.7. The van der Waals surface area contributed by atoms with E-state index in [1.165, 1.54) is 11.1 Å². The molecule has 0 aliphatic heterocycles. The SMILES string of the molecule is C=CCNC(=NCc1nnc(C)n1C)NCC(C)c1cccc(C)c1. The second kappa shape index (κ2) is 9.01. The van der Waals surface area contributed by atoms with Crippen molar-refractivity contribution < 1.29 is 0 Å². The van der Waals surface area contributed by atoms with Crippen LogP contribution in [-0.2, 0) is 13.6 Å². The average Bonchev–Trinajstić information content (AvgIpc) is 2.92. The molecule has 6 nitrogen and oxygen atoms in total. The van der Waals surface area contributed by atoms with E-state index in [1.54, 1.807) is 0 Å². The first kappa shape index (κ1) is 18.7. The Kier molecular flexibility index (Phi) is 6.74. The van der Waals surface area contributed by atoms with Crippen LogP contribution in [0, 0.1) is 13.8 Å². The van der Waals surface area contributed by atoms with E-state index >= 15 is 0 Å². The fraction of sp³-hybridized carbons (Fsp3) is 0.421. The molecule has 1 aromatic carbocycles. The van der Waals surface area contributed by atoms with Gasteiger partial charge in [-0.25, -0.2) is 4.99 Å². The quantitative estimate of drug-likeness (QED) is 0.462. The van der Waals surface area contributed by atoms with E-state index < -0.39 is 0 Å². The van der Waals surface area contributed by atoms with Crippen molar-refractivity contribution in [2.75, 3.05) is 13.1 Å². The molecule has 0 aliphatic rings. The van der Waals surface area contributed by atoms with Crippen molar-refractivity contribution in [2.45, 2.75) is 33.2 Å². The van der Waals surface area contributed by atoms with E-state index in [9.17, 15) is 0 Å². The number of nitrogens with zero attached hydrogens (tertiary/aromatic N) is 4. The Hall–Kier alpha value is -2.63. The summed E-state index contributed by atoms with van der Waals surface area (Å²) in [7, 11) is 1.95. The largest absolute Gasteiger partial charge is 0.356 e. The number of benzene rings is 1. The topological polar surface area (TPSA) is 67.1 Å². The Morgan fingerprint density at radius 3 is 2.76 bits per heavy atom. The zero-order valence-corrected chi connectivity index (χ0v) is 15.6. The second-order valence-corrected chi connectivity index (χ2v) is 6.25. The van der Waals surface area contributed by atoms with Gasteiger partial charge in [-0.05, 0) is 25.3 Å². The molecule has 1 unspecified atom stereocenters. The van der Waals surface area contributed by atoms with Gasteiger partial charge in [0.15, 0.2) is 11.8 Å². The number of rotatable bonds is 7. The van der Waals surface area contributed by atoms with Gasteiger partial charge in [0.2, 0.25) is 0 Å². The third-order valence-electron chi connectivity index (χ3n) is 4.16. The van der Waals surface area contributed by atoms with E-state index in [4.69, 9.17) is 0 Å². The third kappa shape index (κ3) is 5.45. The monoisotopic (exact) mass is 340 g/mol. The third-order valence-corrected chi connectivity index (χ3v) is 4.16. The van der Waals surface area contributed by atoms with Crippen molar-refractivity contribution in [3.63, 3.8) is 0 Å². The average molecular weight is 340 g/mol. The number of hydrogen-bond donors (Lipinski definition) is 2. The van der Waals surface area contributed by atoms with Crippen LogP contribution in [0.5, 0.6) is 0 Å². The molecule has 2 rings (SSSR count). The van der Waals surface area contributed by atoms with Crippen LogP contribution in [0.1, 0.15) is 35.6 Å². The van der Waals surface area contributed by atoms with Crippen LogP contribution in [-0.4, -0.2) is 33.8 Å². The van der Waals surface area contributed by atoms with E-state index in [0.717, 1.165) is 24.2 Å². The highest BCUT2D eigenvalue weighted by Gasteiger charge is 2.08. The van der Waals surface area contributed by atoms with Gasteiger partial charge in [-0.1, -0.05) is 42.8 Å². The molecule has 0 aliphatic carbocycles. The summed E-state index contributed by atoms with van der Waals surface area (Å²) in [4.78, 5) is 4.61. The van der Waals surface area contributed by atoms with Crippen molar-refractivity contribution in [2.24, 2.45) is 12.0 Å². The summed E-state index contributed by atoms with van der Waals surface area (Å²) in [5.74, 6) is 2.85. The molecule has 0 radical (unpaired) electrons. The molecule has 0 spiro atoms. The van der Waals surface area contributed by atoms with Crippen molar-refractivity contribution in [1.82, 2.24) is 25.4 Å². The summed E-state index contributed by atoms with van der Waals surface area (Å²) in [6, 6.07) is 8.60. The van der Waals surface area contributed by atoms with Gasteiger partial charge in [-0.15, -0.1) is 16.8 Å². The van der Waals surface area contributed by atoms with Gasteiger partial charge in [-0.2, -0.15) is 0 Å². The Labute approximate surface area is 150 Å². The molecule has 0 bridgehead atoms. The van der Waals surface area contributed by atoms with Crippen LogP contribution >= 0.6 is 0 Å². The highest BCUT2D eigenvalue weighted by atomic mass is 15.3. The lowest BCUT2D eigenvalue weighted by molar-refractivity contribution is 0.697. The standard InChI is InChI=1S/C19H28N6/c1-6-10-20-19(22-13-18-24-23-16(4)25(18)5)21-12-15(3)17-9-7-8-14(2)11-17/h6-9,11,15H,1,10,12-13H2,2-5H3,(H2,20,21,22). The smallest absolute Gasteiger partial charge is 0.191 e. The number of hydrogen-bond acceptors (Lipinski definition) is 3. The first-order valence-electron chi connectivity index (χ1n) is 8.55. The van der Waals surface area contributed by atoms with Crippen molar-refractivity contribution in [1.29, 1.82) is 0 Å². The van der Waals surface area contributed by atoms with Crippen LogP contribution < -0.4 is 10.6 Å². The lowest BCUT2D eigenvalue weighted by Crippen LogP contribution is -2.39. The van der Waals surface area contributed by atoms with Crippen LogP contribution in [0.25, 0.3) is 0 Å². The molecule has 2 N–H and O–H groups in total. The molecule has 2 aromatic rings. The van der Waals surface area contributed by atoms with Gasteiger partial charge in [-0.3, -0.25) is 0 Å². The molecular weight excluding hydrogens is 312 g/mol.